The SMILES string of the molecule is CCOC(=O)/C=C\C(=O)OCCCC(O)C(=O)Oc1ccccc1. The van der Waals surface area contributed by atoms with Crippen molar-refractivity contribution in [3.63, 3.8) is 0 Å². The molecule has 0 aromatic heterocycles. The summed E-state index contributed by atoms with van der Waals surface area (Å²) in [6, 6.07) is 8.39. The van der Waals surface area contributed by atoms with Gasteiger partial charge < -0.3 is 19.3 Å². The minimum absolute atomic E-state index is 0.00166. The number of aliphatic hydroxyl groups excluding tert-OH is 1. The molecule has 0 saturated heterocycles. The first-order valence-corrected chi connectivity index (χ1v) is 7.49. The van der Waals surface area contributed by atoms with Crippen molar-refractivity contribution in [1.82, 2.24) is 0 Å². The number of esters is 3. The van der Waals surface area contributed by atoms with Gasteiger partial charge in [-0.2, -0.15) is 0 Å². The van der Waals surface area contributed by atoms with Gasteiger partial charge in [-0.25, -0.2) is 14.4 Å². The molecule has 0 heterocycles. The zero-order valence-electron chi connectivity index (χ0n) is 13.3. The summed E-state index contributed by atoms with van der Waals surface area (Å²) in [4.78, 5) is 33.9. The monoisotopic (exact) mass is 336 g/mol. The fourth-order valence-corrected chi connectivity index (χ4v) is 1.61. The molecule has 0 aliphatic carbocycles. The molecule has 1 aromatic carbocycles. The highest BCUT2D eigenvalue weighted by Gasteiger charge is 2.17. The average Bonchev–Trinajstić information content (AvgIpc) is 2.57. The molecule has 0 bridgehead atoms. The lowest BCUT2D eigenvalue weighted by Crippen LogP contribution is -2.26. The molecule has 0 saturated carbocycles. The highest BCUT2D eigenvalue weighted by atomic mass is 16.6. The third kappa shape index (κ3) is 8.09. The molecule has 0 aliphatic rings. The third-order valence-corrected chi connectivity index (χ3v) is 2.74. The number of rotatable bonds is 9. The van der Waals surface area contributed by atoms with E-state index in [2.05, 4.69) is 4.74 Å². The summed E-state index contributed by atoms with van der Waals surface area (Å²) in [5.41, 5.74) is 0. The Balaban J connectivity index is 2.21. The van der Waals surface area contributed by atoms with Gasteiger partial charge in [-0.3, -0.25) is 0 Å². The van der Waals surface area contributed by atoms with Gasteiger partial charge in [-0.05, 0) is 31.9 Å². The van der Waals surface area contributed by atoms with Crippen LogP contribution < -0.4 is 4.74 Å². The number of carbonyl (C=O) groups excluding carboxylic acids is 3. The van der Waals surface area contributed by atoms with Crippen molar-refractivity contribution in [2.45, 2.75) is 25.9 Å². The first-order chi connectivity index (χ1) is 11.5. The van der Waals surface area contributed by atoms with Crippen molar-refractivity contribution in [2.75, 3.05) is 13.2 Å². The molecule has 1 N–H and O–H groups in total. The molecule has 1 rings (SSSR count). The molecular weight excluding hydrogens is 316 g/mol. The predicted octanol–water partition coefficient (Wildman–Crippen LogP) is 1.40. The van der Waals surface area contributed by atoms with Gasteiger partial charge in [0, 0.05) is 12.2 Å². The molecule has 0 amide bonds. The summed E-state index contributed by atoms with van der Waals surface area (Å²) < 4.78 is 14.4. The van der Waals surface area contributed by atoms with E-state index < -0.39 is 24.0 Å². The number of aliphatic hydroxyl groups is 1. The lowest BCUT2D eigenvalue weighted by Gasteiger charge is -2.10. The molecule has 7 heteroatoms. The summed E-state index contributed by atoms with van der Waals surface area (Å²) in [6.45, 7) is 1.87. The highest BCUT2D eigenvalue weighted by molar-refractivity contribution is 5.91. The van der Waals surface area contributed by atoms with E-state index in [0.29, 0.717) is 5.75 Å². The lowest BCUT2D eigenvalue weighted by atomic mass is 10.2. The maximum Gasteiger partial charge on any atom is 0.340 e. The van der Waals surface area contributed by atoms with Crippen LogP contribution in [0.4, 0.5) is 0 Å². The van der Waals surface area contributed by atoms with Gasteiger partial charge in [0.25, 0.3) is 0 Å². The zero-order chi connectivity index (χ0) is 17.8. The summed E-state index contributed by atoms with van der Waals surface area (Å²) in [5.74, 6) is -1.76. The van der Waals surface area contributed by atoms with E-state index >= 15 is 0 Å². The Morgan fingerprint density at radius 1 is 1.08 bits per heavy atom. The van der Waals surface area contributed by atoms with Crippen LogP contribution in [-0.2, 0) is 23.9 Å². The Kier molecular flexibility index (Phi) is 8.85. The molecule has 1 atom stereocenters. The molecule has 1 aromatic rings. The van der Waals surface area contributed by atoms with E-state index in [1.807, 2.05) is 0 Å². The van der Waals surface area contributed by atoms with Crippen LogP contribution in [-0.4, -0.2) is 42.3 Å². The molecule has 0 fully saturated rings. The smallest absolute Gasteiger partial charge is 0.340 e. The summed E-state index contributed by atoms with van der Waals surface area (Å²) in [6.07, 6.45) is 0.972. The van der Waals surface area contributed by atoms with Crippen LogP contribution in [0.15, 0.2) is 42.5 Å². The Hall–Kier alpha value is -2.67. The first-order valence-electron chi connectivity index (χ1n) is 7.49. The van der Waals surface area contributed by atoms with Crippen molar-refractivity contribution in [3.05, 3.63) is 42.5 Å². The van der Waals surface area contributed by atoms with E-state index in [9.17, 15) is 19.5 Å². The van der Waals surface area contributed by atoms with E-state index in [-0.39, 0.29) is 26.1 Å². The average molecular weight is 336 g/mol. The number of benzene rings is 1. The number of hydrogen-bond acceptors (Lipinski definition) is 7. The number of ether oxygens (including phenoxy) is 3. The maximum atomic E-state index is 11.6. The predicted molar refractivity (Wildman–Crippen MR) is 84.0 cm³/mol. The van der Waals surface area contributed by atoms with Gasteiger partial charge in [-0.1, -0.05) is 18.2 Å². The Bertz CT molecular complexity index is 566. The van der Waals surface area contributed by atoms with Crippen LogP contribution in [0.5, 0.6) is 5.75 Å². The van der Waals surface area contributed by atoms with E-state index in [0.717, 1.165) is 12.2 Å². The number of hydrogen-bond donors (Lipinski definition) is 1. The van der Waals surface area contributed by atoms with E-state index in [4.69, 9.17) is 9.47 Å². The molecule has 1 unspecified atom stereocenters. The fraction of sp³-hybridized carbons (Fsp3) is 0.353. The molecule has 7 nitrogen and oxygen atoms in total. The van der Waals surface area contributed by atoms with Gasteiger partial charge in [-0.15, -0.1) is 0 Å². The van der Waals surface area contributed by atoms with Crippen LogP contribution in [0.25, 0.3) is 0 Å². The van der Waals surface area contributed by atoms with Crippen molar-refractivity contribution in [2.24, 2.45) is 0 Å². The second-order valence-electron chi connectivity index (χ2n) is 4.65. The second kappa shape index (κ2) is 11.0. The number of carbonyl (C=O) groups is 3. The summed E-state index contributed by atoms with van der Waals surface area (Å²) in [7, 11) is 0. The zero-order valence-corrected chi connectivity index (χ0v) is 13.3. The van der Waals surface area contributed by atoms with Crippen molar-refractivity contribution in [1.29, 1.82) is 0 Å². The molecule has 0 radical (unpaired) electrons. The van der Waals surface area contributed by atoms with Crippen molar-refractivity contribution >= 4 is 17.9 Å². The molecule has 0 aliphatic heterocycles. The lowest BCUT2D eigenvalue weighted by molar-refractivity contribution is -0.144. The minimum Gasteiger partial charge on any atom is -0.463 e. The van der Waals surface area contributed by atoms with Gasteiger partial charge in [0.2, 0.25) is 0 Å². The number of para-hydroxylation sites is 1. The fourth-order valence-electron chi connectivity index (χ4n) is 1.61. The molecule has 24 heavy (non-hydrogen) atoms. The Labute approximate surface area is 139 Å². The van der Waals surface area contributed by atoms with Gasteiger partial charge in [0.05, 0.1) is 13.2 Å². The third-order valence-electron chi connectivity index (χ3n) is 2.74. The quantitative estimate of drug-likeness (QED) is 0.315. The maximum absolute atomic E-state index is 11.6. The summed E-state index contributed by atoms with van der Waals surface area (Å²) >= 11 is 0. The standard InChI is InChI=1S/C17H20O7/c1-2-22-15(19)10-11-16(20)23-12-6-9-14(18)17(21)24-13-7-4-3-5-8-13/h3-5,7-8,10-11,14,18H,2,6,9,12H2,1H3/b11-10-. The van der Waals surface area contributed by atoms with E-state index in [1.165, 1.54) is 0 Å². The molecular formula is C17H20O7. The van der Waals surface area contributed by atoms with Gasteiger partial charge in [0.15, 0.2) is 6.10 Å². The summed E-state index contributed by atoms with van der Waals surface area (Å²) in [5, 5.41) is 9.69. The van der Waals surface area contributed by atoms with Crippen LogP contribution in [0, 0.1) is 0 Å². The highest BCUT2D eigenvalue weighted by Crippen LogP contribution is 2.10. The van der Waals surface area contributed by atoms with Crippen LogP contribution in [0.2, 0.25) is 0 Å². The van der Waals surface area contributed by atoms with Crippen molar-refractivity contribution < 1.29 is 33.7 Å². The van der Waals surface area contributed by atoms with Gasteiger partial charge in [0.1, 0.15) is 5.75 Å². The molecule has 0 spiro atoms. The van der Waals surface area contributed by atoms with Crippen LogP contribution in [0.3, 0.4) is 0 Å². The normalized spacial score (nSPS) is 11.8. The van der Waals surface area contributed by atoms with Crippen LogP contribution in [0.1, 0.15) is 19.8 Å². The second-order valence-corrected chi connectivity index (χ2v) is 4.65. The largest absolute Gasteiger partial charge is 0.463 e. The van der Waals surface area contributed by atoms with Gasteiger partial charge >= 0.3 is 17.9 Å². The minimum atomic E-state index is -1.31. The Morgan fingerprint density at radius 3 is 2.33 bits per heavy atom. The van der Waals surface area contributed by atoms with Crippen LogP contribution >= 0.6 is 0 Å². The molecule has 130 valence electrons. The van der Waals surface area contributed by atoms with Crippen molar-refractivity contribution in [3.8, 4) is 5.75 Å². The first kappa shape index (κ1) is 19.4. The Morgan fingerprint density at radius 2 is 1.71 bits per heavy atom. The van der Waals surface area contributed by atoms with E-state index in [1.54, 1.807) is 37.3 Å². The topological polar surface area (TPSA) is 99.1 Å².